The second-order valence-corrected chi connectivity index (χ2v) is 5.31. The van der Waals surface area contributed by atoms with Crippen molar-refractivity contribution >= 4 is 40.6 Å². The third-order valence-corrected chi connectivity index (χ3v) is 3.97. The number of benzene rings is 1. The third-order valence-electron chi connectivity index (χ3n) is 1.72. The van der Waals surface area contributed by atoms with E-state index in [0.717, 1.165) is 15.1 Å². The van der Waals surface area contributed by atoms with Gasteiger partial charge in [0.2, 0.25) is 0 Å². The Morgan fingerprint density at radius 2 is 2.27 bits per heavy atom. The number of nitrogen functional groups attached to an aromatic ring is 1. The molecule has 0 atom stereocenters. The Morgan fingerprint density at radius 1 is 1.47 bits per heavy atom. The van der Waals surface area contributed by atoms with Gasteiger partial charge in [-0.15, -0.1) is 0 Å². The average molecular weight is 258 g/mol. The van der Waals surface area contributed by atoms with E-state index < -0.39 is 0 Å². The number of aryl methyl sites for hydroxylation is 1. The molecule has 1 heterocycles. The molecule has 0 aliphatic rings. The SMILES string of the molecule is Cc1nsc(Sc2cccc(Cl)c2N)n1. The van der Waals surface area contributed by atoms with Crippen LogP contribution in [-0.4, -0.2) is 9.36 Å². The van der Waals surface area contributed by atoms with Crippen molar-refractivity contribution in [1.82, 2.24) is 9.36 Å². The van der Waals surface area contributed by atoms with E-state index in [-0.39, 0.29) is 0 Å². The summed E-state index contributed by atoms with van der Waals surface area (Å²) in [7, 11) is 0. The minimum atomic E-state index is 0.571. The largest absolute Gasteiger partial charge is 0.397 e. The van der Waals surface area contributed by atoms with E-state index >= 15 is 0 Å². The topological polar surface area (TPSA) is 51.8 Å². The lowest BCUT2D eigenvalue weighted by molar-refractivity contribution is 1.10. The number of rotatable bonds is 2. The minimum Gasteiger partial charge on any atom is -0.397 e. The molecule has 0 aliphatic heterocycles. The van der Waals surface area contributed by atoms with Crippen molar-refractivity contribution in [2.45, 2.75) is 16.2 Å². The highest BCUT2D eigenvalue weighted by atomic mass is 35.5. The predicted molar refractivity (Wildman–Crippen MR) is 64.6 cm³/mol. The lowest BCUT2D eigenvalue weighted by atomic mass is 10.3. The second-order valence-electron chi connectivity index (χ2n) is 2.86. The Bertz CT molecular complexity index is 484. The first kappa shape index (κ1) is 10.7. The molecule has 2 aromatic rings. The number of aromatic nitrogens is 2. The number of nitrogens with zero attached hydrogens (tertiary/aromatic N) is 2. The summed E-state index contributed by atoms with van der Waals surface area (Å²) in [5, 5.41) is 0.571. The van der Waals surface area contributed by atoms with Crippen LogP contribution in [0.15, 0.2) is 27.4 Å². The molecule has 15 heavy (non-hydrogen) atoms. The molecule has 2 N–H and O–H groups in total. The Morgan fingerprint density at radius 3 is 2.93 bits per heavy atom. The van der Waals surface area contributed by atoms with Crippen molar-refractivity contribution in [2.24, 2.45) is 0 Å². The van der Waals surface area contributed by atoms with Crippen molar-refractivity contribution < 1.29 is 0 Å². The Labute approximate surface area is 101 Å². The van der Waals surface area contributed by atoms with E-state index in [1.807, 2.05) is 19.1 Å². The van der Waals surface area contributed by atoms with Gasteiger partial charge in [-0.1, -0.05) is 29.4 Å². The van der Waals surface area contributed by atoms with Gasteiger partial charge in [0.1, 0.15) is 5.82 Å². The normalized spacial score (nSPS) is 10.5. The average Bonchev–Trinajstić information content (AvgIpc) is 2.59. The number of para-hydroxylation sites is 1. The van der Waals surface area contributed by atoms with Crippen LogP contribution in [0.1, 0.15) is 5.82 Å². The monoisotopic (exact) mass is 257 g/mol. The molecule has 0 spiro atoms. The first-order valence-electron chi connectivity index (χ1n) is 4.19. The molecule has 78 valence electrons. The third kappa shape index (κ3) is 2.42. The summed E-state index contributed by atoms with van der Waals surface area (Å²) in [5.41, 5.74) is 6.44. The van der Waals surface area contributed by atoms with E-state index in [2.05, 4.69) is 9.36 Å². The van der Waals surface area contributed by atoms with Crippen molar-refractivity contribution in [3.8, 4) is 0 Å². The summed E-state index contributed by atoms with van der Waals surface area (Å²) in [5.74, 6) is 0.781. The highest BCUT2D eigenvalue weighted by Crippen LogP contribution is 2.35. The van der Waals surface area contributed by atoms with Crippen LogP contribution < -0.4 is 5.73 Å². The fourth-order valence-corrected chi connectivity index (χ4v) is 2.94. The van der Waals surface area contributed by atoms with E-state index in [1.165, 1.54) is 23.3 Å². The van der Waals surface area contributed by atoms with Gasteiger partial charge < -0.3 is 5.73 Å². The molecule has 2 rings (SSSR count). The van der Waals surface area contributed by atoms with Crippen molar-refractivity contribution in [1.29, 1.82) is 0 Å². The quantitative estimate of drug-likeness (QED) is 0.840. The summed E-state index contributed by atoms with van der Waals surface area (Å²) in [6, 6.07) is 5.56. The standard InChI is InChI=1S/C9H8ClN3S2/c1-5-12-9(15-13-5)14-7-4-2-3-6(10)8(7)11/h2-4H,11H2,1H3. The zero-order chi connectivity index (χ0) is 10.8. The van der Waals surface area contributed by atoms with Gasteiger partial charge in [-0.25, -0.2) is 4.98 Å². The number of hydrogen-bond donors (Lipinski definition) is 1. The molecule has 1 aromatic carbocycles. The molecule has 6 heteroatoms. The first-order valence-corrected chi connectivity index (χ1v) is 6.16. The summed E-state index contributed by atoms with van der Waals surface area (Å²) in [4.78, 5) is 5.16. The molecule has 0 saturated carbocycles. The Balaban J connectivity index is 2.28. The van der Waals surface area contributed by atoms with Crippen LogP contribution in [0, 0.1) is 6.92 Å². The molecule has 1 aromatic heterocycles. The van der Waals surface area contributed by atoms with Crippen LogP contribution in [0.4, 0.5) is 5.69 Å². The zero-order valence-corrected chi connectivity index (χ0v) is 10.3. The Hall–Kier alpha value is -0.780. The molecule has 0 unspecified atom stereocenters. The van der Waals surface area contributed by atoms with Crippen LogP contribution in [0.2, 0.25) is 5.02 Å². The molecular formula is C9H8ClN3S2. The van der Waals surface area contributed by atoms with Crippen molar-refractivity contribution in [2.75, 3.05) is 5.73 Å². The fraction of sp³-hybridized carbons (Fsp3) is 0.111. The van der Waals surface area contributed by atoms with Gasteiger partial charge in [-0.2, -0.15) is 4.37 Å². The molecule has 0 fully saturated rings. The maximum atomic E-state index is 5.91. The van der Waals surface area contributed by atoms with Crippen molar-refractivity contribution in [3.05, 3.63) is 29.0 Å². The smallest absolute Gasteiger partial charge is 0.174 e. The van der Waals surface area contributed by atoms with Gasteiger partial charge in [0.05, 0.1) is 10.7 Å². The molecule has 0 saturated heterocycles. The lowest BCUT2D eigenvalue weighted by Crippen LogP contribution is -1.89. The number of hydrogen-bond acceptors (Lipinski definition) is 5. The van der Waals surface area contributed by atoms with Gasteiger partial charge in [0.15, 0.2) is 4.34 Å². The molecule has 0 amide bonds. The molecule has 0 radical (unpaired) electrons. The summed E-state index contributed by atoms with van der Waals surface area (Å²) >= 11 is 8.76. The number of halogens is 1. The van der Waals surface area contributed by atoms with E-state index in [4.69, 9.17) is 17.3 Å². The molecule has 0 bridgehead atoms. The lowest BCUT2D eigenvalue weighted by Gasteiger charge is -2.03. The van der Waals surface area contributed by atoms with E-state index in [1.54, 1.807) is 6.07 Å². The minimum absolute atomic E-state index is 0.571. The Kier molecular flexibility index (Phi) is 3.14. The first-order chi connectivity index (χ1) is 7.16. The van der Waals surface area contributed by atoms with Gasteiger partial charge in [0, 0.05) is 4.90 Å². The second kappa shape index (κ2) is 4.38. The number of anilines is 1. The van der Waals surface area contributed by atoms with Gasteiger partial charge >= 0.3 is 0 Å². The summed E-state index contributed by atoms with van der Waals surface area (Å²) in [6.45, 7) is 1.86. The van der Waals surface area contributed by atoms with Gasteiger partial charge in [-0.05, 0) is 30.6 Å². The van der Waals surface area contributed by atoms with Crippen LogP contribution in [0.5, 0.6) is 0 Å². The van der Waals surface area contributed by atoms with E-state index in [9.17, 15) is 0 Å². The highest BCUT2D eigenvalue weighted by molar-refractivity contribution is 8.01. The van der Waals surface area contributed by atoms with Gasteiger partial charge in [0.25, 0.3) is 0 Å². The van der Waals surface area contributed by atoms with Crippen LogP contribution in [-0.2, 0) is 0 Å². The maximum Gasteiger partial charge on any atom is 0.174 e. The summed E-state index contributed by atoms with van der Waals surface area (Å²) in [6.07, 6.45) is 0. The van der Waals surface area contributed by atoms with Crippen LogP contribution in [0.3, 0.4) is 0 Å². The number of nitrogens with two attached hydrogens (primary N) is 1. The van der Waals surface area contributed by atoms with Crippen LogP contribution >= 0.6 is 34.9 Å². The molecular weight excluding hydrogens is 250 g/mol. The molecule has 3 nitrogen and oxygen atoms in total. The van der Waals surface area contributed by atoms with E-state index in [0.29, 0.717) is 10.7 Å². The van der Waals surface area contributed by atoms with Gasteiger partial charge in [-0.3, -0.25) is 0 Å². The fourth-order valence-electron chi connectivity index (χ4n) is 1.02. The predicted octanol–water partition coefficient (Wildman–Crippen LogP) is 3.23. The zero-order valence-electron chi connectivity index (χ0n) is 7.90. The molecule has 0 aliphatic carbocycles. The maximum absolute atomic E-state index is 5.91. The highest BCUT2D eigenvalue weighted by Gasteiger charge is 2.07. The van der Waals surface area contributed by atoms with Crippen molar-refractivity contribution in [3.63, 3.8) is 0 Å². The summed E-state index contributed by atoms with van der Waals surface area (Å²) < 4.78 is 4.98. The van der Waals surface area contributed by atoms with Crippen LogP contribution in [0.25, 0.3) is 0 Å².